The van der Waals surface area contributed by atoms with E-state index in [1.807, 2.05) is 56.3 Å². The molecule has 2 aromatic rings. The number of rotatable bonds is 13. The second-order valence-electron chi connectivity index (χ2n) is 12.3. The molecule has 2 heterocycles. The largest absolute Gasteiger partial charge is 0.441 e. The molecule has 4 unspecified atom stereocenters. The van der Waals surface area contributed by atoms with Crippen LogP contribution in [-0.4, -0.2) is 66.2 Å². The third-order valence-corrected chi connectivity index (χ3v) is 8.45. The van der Waals surface area contributed by atoms with Crippen LogP contribution in [0.25, 0.3) is 0 Å². The second-order valence-corrected chi connectivity index (χ2v) is 12.7. The first-order valence-electron chi connectivity index (χ1n) is 15.8. The zero-order valence-electron chi connectivity index (χ0n) is 25.9. The maximum atomic E-state index is 13.7. The number of halogens is 1. The van der Waals surface area contributed by atoms with Gasteiger partial charge in [-0.3, -0.25) is 19.2 Å². The fourth-order valence-electron chi connectivity index (χ4n) is 5.84. The van der Waals surface area contributed by atoms with E-state index in [1.165, 1.54) is 4.90 Å². The average Bonchev–Trinajstić information content (AvgIpc) is 3.43. The Morgan fingerprint density at radius 2 is 1.71 bits per heavy atom. The fraction of sp³-hybridized carbons (Fsp3) is 0.500. The van der Waals surface area contributed by atoms with Crippen LogP contribution < -0.4 is 16.0 Å². The molecule has 4 atom stereocenters. The third-order valence-electron chi connectivity index (χ3n) is 8.22. The van der Waals surface area contributed by atoms with Crippen LogP contribution in [0.3, 0.4) is 0 Å². The molecule has 0 spiro atoms. The molecule has 2 fully saturated rings. The average molecular weight is 639 g/mol. The summed E-state index contributed by atoms with van der Waals surface area (Å²) in [5.74, 6) is -2.73. The van der Waals surface area contributed by atoms with Crippen molar-refractivity contribution in [1.29, 1.82) is 0 Å². The fourth-order valence-corrected chi connectivity index (χ4v) is 6.05. The highest BCUT2D eigenvalue weighted by Crippen LogP contribution is 2.25. The first kappa shape index (κ1) is 34.0. The number of benzene rings is 2. The van der Waals surface area contributed by atoms with E-state index in [0.717, 1.165) is 30.4 Å². The van der Waals surface area contributed by atoms with Gasteiger partial charge in [0.15, 0.2) is 0 Å². The van der Waals surface area contributed by atoms with Gasteiger partial charge in [-0.25, -0.2) is 4.79 Å². The molecule has 2 saturated heterocycles. The van der Waals surface area contributed by atoms with Gasteiger partial charge in [-0.05, 0) is 67.7 Å². The molecule has 0 aliphatic carbocycles. The Bertz CT molecular complexity index is 1350. The van der Waals surface area contributed by atoms with E-state index < -0.39 is 47.8 Å². The van der Waals surface area contributed by atoms with Crippen molar-refractivity contribution in [2.75, 3.05) is 19.6 Å². The van der Waals surface area contributed by atoms with Crippen LogP contribution in [0.1, 0.15) is 69.6 Å². The maximum absolute atomic E-state index is 13.7. The Hall–Kier alpha value is -3.92. The van der Waals surface area contributed by atoms with E-state index in [-0.39, 0.29) is 24.7 Å². The van der Waals surface area contributed by atoms with Crippen molar-refractivity contribution in [1.82, 2.24) is 20.9 Å². The number of alkyl carbamates (subject to hydrolysis) is 1. The highest BCUT2D eigenvalue weighted by atomic mass is 35.5. The normalized spacial score (nSPS) is 18.4. The molecule has 0 saturated carbocycles. The van der Waals surface area contributed by atoms with Gasteiger partial charge in [0.1, 0.15) is 12.1 Å². The minimum Gasteiger partial charge on any atom is -0.441 e. The van der Waals surface area contributed by atoms with Crippen LogP contribution in [0, 0.1) is 11.8 Å². The number of Topliss-reactive ketones (excluding diaryl/α,β-unsaturated/α-hetero) is 1. The lowest BCUT2D eigenvalue weighted by Gasteiger charge is -2.29. The molecule has 4 rings (SSSR count). The Kier molecular flexibility index (Phi) is 12.4. The summed E-state index contributed by atoms with van der Waals surface area (Å²) in [6, 6.07) is 14.3. The van der Waals surface area contributed by atoms with Crippen LogP contribution in [0.4, 0.5) is 4.79 Å². The lowest BCUT2D eigenvalue weighted by atomic mass is 9.94. The van der Waals surface area contributed by atoms with E-state index in [0.29, 0.717) is 37.5 Å². The van der Waals surface area contributed by atoms with Crippen molar-refractivity contribution < 1.29 is 28.7 Å². The minimum absolute atomic E-state index is 0.00201. The number of piperidine rings is 1. The molecule has 2 aliphatic rings. The van der Waals surface area contributed by atoms with Crippen LogP contribution >= 0.6 is 11.6 Å². The van der Waals surface area contributed by atoms with Gasteiger partial charge in [-0.2, -0.15) is 0 Å². The van der Waals surface area contributed by atoms with Crippen molar-refractivity contribution in [3.63, 3.8) is 0 Å². The summed E-state index contributed by atoms with van der Waals surface area (Å²) in [7, 11) is 0. The van der Waals surface area contributed by atoms with Gasteiger partial charge in [0, 0.05) is 37.0 Å². The van der Waals surface area contributed by atoms with Gasteiger partial charge in [0.25, 0.3) is 5.91 Å². The smallest absolute Gasteiger partial charge is 0.408 e. The minimum atomic E-state index is -1.20. The van der Waals surface area contributed by atoms with Crippen molar-refractivity contribution in [3.8, 4) is 0 Å². The van der Waals surface area contributed by atoms with Crippen molar-refractivity contribution in [2.45, 2.75) is 77.0 Å². The molecular weight excluding hydrogens is 596 g/mol. The summed E-state index contributed by atoms with van der Waals surface area (Å²) in [5.41, 5.74) is 1.64. The van der Waals surface area contributed by atoms with E-state index in [2.05, 4.69) is 16.0 Å². The lowest BCUT2D eigenvalue weighted by Crippen LogP contribution is -2.55. The highest BCUT2D eigenvalue weighted by Gasteiger charge is 2.37. The van der Waals surface area contributed by atoms with Gasteiger partial charge in [0.05, 0.1) is 6.04 Å². The predicted octanol–water partition coefficient (Wildman–Crippen LogP) is 4.36. The number of hydrogen-bond acceptors (Lipinski definition) is 6. The first-order chi connectivity index (χ1) is 21.6. The van der Waals surface area contributed by atoms with Crippen molar-refractivity contribution >= 4 is 41.2 Å². The van der Waals surface area contributed by atoms with Crippen molar-refractivity contribution in [3.05, 3.63) is 70.7 Å². The Morgan fingerprint density at radius 1 is 0.978 bits per heavy atom. The number of carbonyl (C=O) groups is 5. The maximum Gasteiger partial charge on any atom is 0.408 e. The molecule has 242 valence electrons. The predicted molar refractivity (Wildman–Crippen MR) is 170 cm³/mol. The van der Waals surface area contributed by atoms with E-state index in [4.69, 9.17) is 16.3 Å². The van der Waals surface area contributed by atoms with Gasteiger partial charge < -0.3 is 25.6 Å². The summed E-state index contributed by atoms with van der Waals surface area (Å²) in [5, 5.41) is 8.74. The molecule has 45 heavy (non-hydrogen) atoms. The number of carbonyl (C=O) groups excluding carboxylic acids is 5. The topological polar surface area (TPSA) is 134 Å². The standard InChI is InChI=1S/C34H43ClN4O6/c1-22(2)18-28(38-34(44)45-29(24-11-5-3-6-12-24)20-23-10-9-13-26(35)19-23)32(42)37-27(21-25-14-15-36-31(25)41)30(40)33(43)39-16-7-4-8-17-39/h3,5-6,9-13,19,22,25,27-29H,4,7-8,14-18,20-21H2,1-2H3,(H,36,41)(H,37,42)(H,38,44). The molecule has 4 amide bonds. The van der Waals surface area contributed by atoms with Crippen LogP contribution in [0.2, 0.25) is 5.02 Å². The summed E-state index contributed by atoms with van der Waals surface area (Å²) in [6.07, 6.45) is 2.28. The number of likely N-dealkylation sites (tertiary alicyclic amines) is 1. The molecule has 11 heteroatoms. The number of amides is 4. The molecular formula is C34H43ClN4O6. The molecule has 10 nitrogen and oxygen atoms in total. The van der Waals surface area contributed by atoms with Crippen molar-refractivity contribution in [2.24, 2.45) is 11.8 Å². The van der Waals surface area contributed by atoms with Crippen LogP contribution in [0.15, 0.2) is 54.6 Å². The summed E-state index contributed by atoms with van der Waals surface area (Å²) < 4.78 is 5.88. The number of nitrogens with zero attached hydrogens (tertiary/aromatic N) is 1. The lowest BCUT2D eigenvalue weighted by molar-refractivity contribution is -0.147. The first-order valence-corrected chi connectivity index (χ1v) is 16.2. The molecule has 2 aromatic carbocycles. The molecule has 3 N–H and O–H groups in total. The number of hydrogen-bond donors (Lipinski definition) is 3. The molecule has 2 aliphatic heterocycles. The second kappa shape index (κ2) is 16.4. The van der Waals surface area contributed by atoms with Gasteiger partial charge in [-0.15, -0.1) is 0 Å². The third kappa shape index (κ3) is 10.0. The Balaban J connectivity index is 1.49. The summed E-state index contributed by atoms with van der Waals surface area (Å²) in [4.78, 5) is 67.5. The molecule has 0 bridgehead atoms. The van der Waals surface area contributed by atoms with Gasteiger partial charge in [0.2, 0.25) is 17.6 Å². The zero-order chi connectivity index (χ0) is 32.3. The Labute approximate surface area is 269 Å². The van der Waals surface area contributed by atoms with E-state index in [9.17, 15) is 24.0 Å². The number of nitrogens with one attached hydrogen (secondary N) is 3. The zero-order valence-corrected chi connectivity index (χ0v) is 26.7. The number of ether oxygens (including phenoxy) is 1. The van der Waals surface area contributed by atoms with Crippen LogP contribution in [0.5, 0.6) is 0 Å². The monoisotopic (exact) mass is 638 g/mol. The highest BCUT2D eigenvalue weighted by molar-refractivity contribution is 6.38. The molecule has 0 aromatic heterocycles. The van der Waals surface area contributed by atoms with Gasteiger partial charge in [-0.1, -0.05) is 67.9 Å². The summed E-state index contributed by atoms with van der Waals surface area (Å²) >= 11 is 6.19. The van der Waals surface area contributed by atoms with E-state index >= 15 is 0 Å². The molecule has 0 radical (unpaired) electrons. The number of ketones is 1. The quantitative estimate of drug-likeness (QED) is 0.279. The van der Waals surface area contributed by atoms with Crippen LogP contribution in [-0.2, 0) is 30.3 Å². The summed E-state index contributed by atoms with van der Waals surface area (Å²) in [6.45, 7) is 5.25. The SMILES string of the molecule is CC(C)CC(NC(=O)OC(Cc1cccc(Cl)c1)c1ccccc1)C(=O)NC(CC1CCNC1=O)C(=O)C(=O)N1CCCCC1. The van der Waals surface area contributed by atoms with Gasteiger partial charge >= 0.3 is 6.09 Å². The Morgan fingerprint density at radius 3 is 2.36 bits per heavy atom. The van der Waals surface area contributed by atoms with E-state index in [1.54, 1.807) is 12.1 Å².